The van der Waals surface area contributed by atoms with Crippen molar-refractivity contribution in [2.45, 2.75) is 29.5 Å². The van der Waals surface area contributed by atoms with Crippen LogP contribution in [0.2, 0.25) is 0 Å². The van der Waals surface area contributed by atoms with E-state index < -0.39 is 4.87 Å². The van der Waals surface area contributed by atoms with Gasteiger partial charge in [-0.1, -0.05) is 0 Å². The van der Waals surface area contributed by atoms with E-state index in [9.17, 15) is 0 Å². The van der Waals surface area contributed by atoms with Crippen LogP contribution in [0.1, 0.15) is 19.3 Å². The van der Waals surface area contributed by atoms with E-state index in [0.717, 1.165) is 19.3 Å². The van der Waals surface area contributed by atoms with Gasteiger partial charge in [0.2, 0.25) is 0 Å². The zero-order valence-electron chi connectivity index (χ0n) is 6.06. The summed E-state index contributed by atoms with van der Waals surface area (Å²) in [7, 11) is 0. The minimum absolute atomic E-state index is 0.144. The molecular formula is C8H9Cl2N. The molecule has 2 fully saturated rings. The average molecular weight is 190 g/mol. The van der Waals surface area contributed by atoms with Gasteiger partial charge >= 0.3 is 0 Å². The quantitative estimate of drug-likeness (QED) is 0.538. The Bertz CT molecular complexity index is 223. The smallest absolute Gasteiger partial charge is 0.135 e. The molecule has 2 bridgehead atoms. The molecule has 11 heavy (non-hydrogen) atoms. The molecule has 3 heteroatoms. The monoisotopic (exact) mass is 189 g/mol. The zero-order chi connectivity index (χ0) is 8.06. The first-order chi connectivity index (χ1) is 5.15. The van der Waals surface area contributed by atoms with Gasteiger partial charge in [0.15, 0.2) is 0 Å². The Morgan fingerprint density at radius 2 is 2.18 bits per heavy atom. The lowest BCUT2D eigenvalue weighted by atomic mass is 9.89. The molecule has 1 nitrogen and oxygen atoms in total. The van der Waals surface area contributed by atoms with Gasteiger partial charge in [-0.15, -0.1) is 23.2 Å². The van der Waals surface area contributed by atoms with Gasteiger partial charge in [0.1, 0.15) is 4.87 Å². The maximum atomic E-state index is 8.82. The van der Waals surface area contributed by atoms with E-state index in [4.69, 9.17) is 28.5 Å². The van der Waals surface area contributed by atoms with Crippen molar-refractivity contribution in [3.05, 3.63) is 0 Å². The molecule has 0 aromatic heterocycles. The van der Waals surface area contributed by atoms with Gasteiger partial charge in [0, 0.05) is 11.3 Å². The van der Waals surface area contributed by atoms with Crippen LogP contribution in [0.4, 0.5) is 0 Å². The molecule has 0 aromatic rings. The summed E-state index contributed by atoms with van der Waals surface area (Å²) in [6.07, 6.45) is 2.96. The number of halogens is 2. The highest BCUT2D eigenvalue weighted by atomic mass is 35.5. The van der Waals surface area contributed by atoms with Crippen LogP contribution >= 0.6 is 23.2 Å². The average Bonchev–Trinajstić information content (AvgIpc) is 2.44. The molecule has 4 atom stereocenters. The van der Waals surface area contributed by atoms with Crippen molar-refractivity contribution in [3.8, 4) is 6.07 Å². The van der Waals surface area contributed by atoms with E-state index in [1.165, 1.54) is 0 Å². The predicted molar refractivity (Wildman–Crippen MR) is 44.7 cm³/mol. The van der Waals surface area contributed by atoms with Crippen molar-refractivity contribution >= 4 is 23.2 Å². The molecule has 0 unspecified atom stereocenters. The third kappa shape index (κ3) is 0.965. The number of hydrogen-bond donors (Lipinski definition) is 0. The van der Waals surface area contributed by atoms with E-state index in [1.807, 2.05) is 0 Å². The van der Waals surface area contributed by atoms with Crippen molar-refractivity contribution in [2.75, 3.05) is 0 Å². The molecule has 60 valence electrons. The maximum absolute atomic E-state index is 8.82. The van der Waals surface area contributed by atoms with Crippen LogP contribution < -0.4 is 0 Å². The standard InChI is InChI=1S/C8H9Cl2N/c9-7-2-5-1-6(7)8(10,3-5)4-11/h5-7H,1-3H2/t5-,6+,7+,8-/m1/s1. The topological polar surface area (TPSA) is 23.8 Å². The van der Waals surface area contributed by atoms with Crippen LogP contribution in [0.5, 0.6) is 0 Å². The highest BCUT2D eigenvalue weighted by molar-refractivity contribution is 6.28. The van der Waals surface area contributed by atoms with E-state index in [0.29, 0.717) is 5.92 Å². The lowest BCUT2D eigenvalue weighted by Crippen LogP contribution is -2.33. The molecule has 0 spiro atoms. The summed E-state index contributed by atoms with van der Waals surface area (Å²) in [5.41, 5.74) is 0. The van der Waals surface area contributed by atoms with Crippen LogP contribution in [-0.2, 0) is 0 Å². The Balaban J connectivity index is 2.26. The fraction of sp³-hybridized carbons (Fsp3) is 0.875. The first kappa shape index (κ1) is 7.71. The Morgan fingerprint density at radius 1 is 1.45 bits per heavy atom. The second-order valence-electron chi connectivity index (χ2n) is 3.64. The summed E-state index contributed by atoms with van der Waals surface area (Å²) in [6, 6.07) is 2.18. The molecule has 2 aliphatic rings. The summed E-state index contributed by atoms with van der Waals surface area (Å²) >= 11 is 12.1. The van der Waals surface area contributed by atoms with E-state index in [2.05, 4.69) is 6.07 Å². The molecular weight excluding hydrogens is 181 g/mol. The highest BCUT2D eigenvalue weighted by Gasteiger charge is 2.54. The molecule has 0 saturated heterocycles. The summed E-state index contributed by atoms with van der Waals surface area (Å²) in [4.78, 5) is -0.630. The first-order valence-corrected chi connectivity index (χ1v) is 4.71. The van der Waals surface area contributed by atoms with Gasteiger partial charge in [0.25, 0.3) is 0 Å². The Morgan fingerprint density at radius 3 is 2.55 bits per heavy atom. The molecule has 2 saturated carbocycles. The van der Waals surface area contributed by atoms with Gasteiger partial charge in [0.05, 0.1) is 6.07 Å². The van der Waals surface area contributed by atoms with Crippen molar-refractivity contribution in [1.29, 1.82) is 5.26 Å². The highest BCUT2D eigenvalue weighted by Crippen LogP contribution is 2.55. The summed E-state index contributed by atoms with van der Waals surface area (Å²) in [5, 5.41) is 8.97. The van der Waals surface area contributed by atoms with Crippen LogP contribution in [0.25, 0.3) is 0 Å². The molecule has 0 aromatic carbocycles. The fourth-order valence-electron chi connectivity index (χ4n) is 2.43. The van der Waals surface area contributed by atoms with Gasteiger partial charge < -0.3 is 0 Å². The Kier molecular flexibility index (Phi) is 1.60. The van der Waals surface area contributed by atoms with Crippen LogP contribution in [0.3, 0.4) is 0 Å². The van der Waals surface area contributed by atoms with Crippen molar-refractivity contribution in [2.24, 2.45) is 11.8 Å². The minimum Gasteiger partial charge on any atom is -0.196 e. The maximum Gasteiger partial charge on any atom is 0.135 e. The molecule has 2 aliphatic carbocycles. The summed E-state index contributed by atoms with van der Waals surface area (Å²) in [5.74, 6) is 0.848. The number of hydrogen-bond acceptors (Lipinski definition) is 1. The third-order valence-corrected chi connectivity index (χ3v) is 3.94. The number of nitriles is 1. The molecule has 2 rings (SSSR count). The number of rotatable bonds is 0. The Hall–Kier alpha value is 0.0700. The van der Waals surface area contributed by atoms with E-state index in [-0.39, 0.29) is 11.3 Å². The largest absolute Gasteiger partial charge is 0.196 e. The lowest BCUT2D eigenvalue weighted by molar-refractivity contribution is 0.435. The molecule has 0 amide bonds. The second-order valence-corrected chi connectivity index (χ2v) is 4.87. The van der Waals surface area contributed by atoms with Gasteiger partial charge in [-0.05, 0) is 25.2 Å². The lowest BCUT2D eigenvalue weighted by Gasteiger charge is -2.27. The van der Waals surface area contributed by atoms with E-state index >= 15 is 0 Å². The third-order valence-electron chi connectivity index (χ3n) is 2.94. The number of fused-ring (bicyclic) bond motifs is 2. The van der Waals surface area contributed by atoms with E-state index in [1.54, 1.807) is 0 Å². The van der Waals surface area contributed by atoms with Gasteiger partial charge in [-0.3, -0.25) is 0 Å². The first-order valence-electron chi connectivity index (χ1n) is 3.90. The number of alkyl halides is 2. The molecule has 0 N–H and O–H groups in total. The minimum atomic E-state index is -0.630. The fourth-order valence-corrected chi connectivity index (χ4v) is 3.52. The van der Waals surface area contributed by atoms with Crippen molar-refractivity contribution in [1.82, 2.24) is 0 Å². The molecule has 0 heterocycles. The summed E-state index contributed by atoms with van der Waals surface area (Å²) in [6.45, 7) is 0. The van der Waals surface area contributed by atoms with Crippen molar-refractivity contribution < 1.29 is 0 Å². The number of nitrogens with zero attached hydrogens (tertiary/aromatic N) is 1. The predicted octanol–water partition coefficient (Wildman–Crippen LogP) is 2.52. The van der Waals surface area contributed by atoms with Crippen LogP contribution in [0, 0.1) is 23.2 Å². The van der Waals surface area contributed by atoms with Crippen LogP contribution in [0.15, 0.2) is 0 Å². The molecule has 0 aliphatic heterocycles. The van der Waals surface area contributed by atoms with Gasteiger partial charge in [-0.2, -0.15) is 5.26 Å². The summed E-state index contributed by atoms with van der Waals surface area (Å²) < 4.78 is 0. The van der Waals surface area contributed by atoms with Crippen molar-refractivity contribution in [3.63, 3.8) is 0 Å². The van der Waals surface area contributed by atoms with Gasteiger partial charge in [-0.25, -0.2) is 0 Å². The zero-order valence-corrected chi connectivity index (χ0v) is 7.57. The second kappa shape index (κ2) is 2.28. The SMILES string of the molecule is N#C[C@]1(Cl)C[C@H]2C[C@H](Cl)[C@@H]1C2. The normalized spacial score (nSPS) is 54.5. The molecule has 0 radical (unpaired) electrons. The Labute approximate surface area is 76.3 Å². The van der Waals surface area contributed by atoms with Crippen LogP contribution in [-0.4, -0.2) is 10.3 Å².